The minimum Gasteiger partial charge on any atom is -0.505 e. The summed E-state index contributed by atoms with van der Waals surface area (Å²) in [6.45, 7) is 0. The lowest BCUT2D eigenvalue weighted by atomic mass is 10.1. The third kappa shape index (κ3) is 2.09. The molecule has 0 aliphatic carbocycles. The van der Waals surface area contributed by atoms with E-state index >= 15 is 0 Å². The lowest BCUT2D eigenvalue weighted by Gasteiger charge is -2.07. The van der Waals surface area contributed by atoms with Crippen molar-refractivity contribution in [2.75, 3.05) is 5.32 Å². The maximum absolute atomic E-state index is 11.6. The summed E-state index contributed by atoms with van der Waals surface area (Å²) in [5.41, 5.74) is -0.370. The zero-order valence-corrected chi connectivity index (χ0v) is 8.78. The molecule has 0 radical (unpaired) electrons. The van der Waals surface area contributed by atoms with Crippen molar-refractivity contribution in [3.05, 3.63) is 29.6 Å². The fourth-order valence-corrected chi connectivity index (χ4v) is 1.25. The van der Waals surface area contributed by atoms with E-state index in [1.807, 2.05) is 0 Å². The van der Waals surface area contributed by atoms with Crippen LogP contribution in [0.15, 0.2) is 18.2 Å². The van der Waals surface area contributed by atoms with Gasteiger partial charge in [-0.2, -0.15) is 5.21 Å². The molecule has 0 bridgehead atoms. The van der Waals surface area contributed by atoms with E-state index < -0.39 is 17.6 Å². The molecule has 0 unspecified atom stereocenters. The fraction of sp³-hybridized carbons (Fsp3) is 0. The Hall–Kier alpha value is -2.97. The highest BCUT2D eigenvalue weighted by Gasteiger charge is 2.17. The number of aromatic amines is 1. The molecule has 9 heteroatoms. The Labute approximate surface area is 99.5 Å². The van der Waals surface area contributed by atoms with Gasteiger partial charge in [-0.25, -0.2) is 4.79 Å². The SMILES string of the molecule is O=C(Nc1cccc(C(=O)O)c1O)c1nn[nH]n1. The number of para-hydroxylation sites is 1. The van der Waals surface area contributed by atoms with Gasteiger partial charge in [-0.3, -0.25) is 4.79 Å². The average Bonchev–Trinajstić information content (AvgIpc) is 2.85. The first-order valence-corrected chi connectivity index (χ1v) is 4.69. The normalized spacial score (nSPS) is 10.0. The quantitative estimate of drug-likeness (QED) is 0.554. The number of H-pyrrole nitrogens is 1. The van der Waals surface area contributed by atoms with Gasteiger partial charge in [0.1, 0.15) is 5.56 Å². The molecule has 1 amide bonds. The van der Waals surface area contributed by atoms with Gasteiger partial charge in [-0.15, -0.1) is 10.2 Å². The van der Waals surface area contributed by atoms with E-state index in [1.54, 1.807) is 0 Å². The highest BCUT2D eigenvalue weighted by molar-refractivity contribution is 6.03. The molecule has 0 atom stereocenters. The summed E-state index contributed by atoms with van der Waals surface area (Å²) in [6.07, 6.45) is 0. The number of aromatic nitrogens is 4. The summed E-state index contributed by atoms with van der Waals surface area (Å²) < 4.78 is 0. The Balaban J connectivity index is 2.27. The Morgan fingerprint density at radius 2 is 2.11 bits per heavy atom. The van der Waals surface area contributed by atoms with Crippen molar-refractivity contribution in [1.82, 2.24) is 20.6 Å². The van der Waals surface area contributed by atoms with Crippen molar-refractivity contribution >= 4 is 17.6 Å². The number of benzene rings is 1. The number of phenols is 1. The van der Waals surface area contributed by atoms with E-state index in [9.17, 15) is 14.7 Å². The van der Waals surface area contributed by atoms with Crippen molar-refractivity contribution in [1.29, 1.82) is 0 Å². The van der Waals surface area contributed by atoms with Crippen molar-refractivity contribution in [3.8, 4) is 5.75 Å². The number of carboxylic acid groups (broad SMARTS) is 1. The number of hydrogen-bond donors (Lipinski definition) is 4. The van der Waals surface area contributed by atoms with Crippen molar-refractivity contribution < 1.29 is 19.8 Å². The van der Waals surface area contributed by atoms with Crippen LogP contribution >= 0.6 is 0 Å². The van der Waals surface area contributed by atoms with E-state index in [-0.39, 0.29) is 17.1 Å². The monoisotopic (exact) mass is 249 g/mol. The molecule has 2 rings (SSSR count). The lowest BCUT2D eigenvalue weighted by Crippen LogP contribution is -2.14. The molecule has 1 aromatic carbocycles. The smallest absolute Gasteiger partial charge is 0.339 e. The lowest BCUT2D eigenvalue weighted by molar-refractivity contribution is 0.0693. The molecule has 0 saturated heterocycles. The predicted octanol–water partition coefficient (Wildman–Crippen LogP) is -0.144. The summed E-state index contributed by atoms with van der Waals surface area (Å²) in [5.74, 6) is -2.79. The zero-order valence-electron chi connectivity index (χ0n) is 8.78. The number of carbonyl (C=O) groups is 2. The van der Waals surface area contributed by atoms with Gasteiger partial charge in [0, 0.05) is 0 Å². The van der Waals surface area contributed by atoms with Gasteiger partial charge in [-0.05, 0) is 17.3 Å². The van der Waals surface area contributed by atoms with Gasteiger partial charge < -0.3 is 15.5 Å². The first-order chi connectivity index (χ1) is 8.59. The fourth-order valence-electron chi connectivity index (χ4n) is 1.25. The van der Waals surface area contributed by atoms with Gasteiger partial charge in [0.2, 0.25) is 0 Å². The van der Waals surface area contributed by atoms with Crippen LogP contribution in [0.25, 0.3) is 0 Å². The van der Waals surface area contributed by atoms with Gasteiger partial charge in [0.15, 0.2) is 5.75 Å². The Kier molecular flexibility index (Phi) is 2.87. The number of hydrogen-bond acceptors (Lipinski definition) is 6. The molecule has 0 fully saturated rings. The Morgan fingerprint density at radius 1 is 1.33 bits per heavy atom. The van der Waals surface area contributed by atoms with Gasteiger partial charge in [0.25, 0.3) is 11.7 Å². The highest BCUT2D eigenvalue weighted by Crippen LogP contribution is 2.27. The summed E-state index contributed by atoms with van der Waals surface area (Å²) in [7, 11) is 0. The summed E-state index contributed by atoms with van der Waals surface area (Å²) >= 11 is 0. The third-order valence-corrected chi connectivity index (χ3v) is 2.06. The number of nitrogens with one attached hydrogen (secondary N) is 2. The molecule has 0 aliphatic rings. The molecule has 18 heavy (non-hydrogen) atoms. The molecule has 2 aromatic rings. The van der Waals surface area contributed by atoms with Crippen LogP contribution in [0.3, 0.4) is 0 Å². The van der Waals surface area contributed by atoms with Crippen molar-refractivity contribution in [2.45, 2.75) is 0 Å². The second-order valence-electron chi connectivity index (χ2n) is 3.20. The number of nitrogens with zero attached hydrogens (tertiary/aromatic N) is 3. The molecule has 1 aromatic heterocycles. The molecule has 9 nitrogen and oxygen atoms in total. The van der Waals surface area contributed by atoms with E-state index in [1.165, 1.54) is 18.2 Å². The van der Waals surface area contributed by atoms with Crippen LogP contribution in [0.1, 0.15) is 21.0 Å². The highest BCUT2D eigenvalue weighted by atomic mass is 16.4. The first-order valence-electron chi connectivity index (χ1n) is 4.69. The topological polar surface area (TPSA) is 141 Å². The number of aromatic carboxylic acids is 1. The summed E-state index contributed by atoms with van der Waals surface area (Å²) in [4.78, 5) is 22.3. The molecular formula is C9H7N5O4. The zero-order chi connectivity index (χ0) is 13.1. The average molecular weight is 249 g/mol. The van der Waals surface area contributed by atoms with Crippen molar-refractivity contribution in [2.24, 2.45) is 0 Å². The van der Waals surface area contributed by atoms with E-state index in [0.29, 0.717) is 0 Å². The summed E-state index contributed by atoms with van der Waals surface area (Å²) in [5, 5.41) is 32.9. The minimum absolute atomic E-state index is 0.0512. The third-order valence-electron chi connectivity index (χ3n) is 2.06. The largest absolute Gasteiger partial charge is 0.505 e. The molecule has 92 valence electrons. The van der Waals surface area contributed by atoms with Gasteiger partial charge in [-0.1, -0.05) is 6.07 Å². The molecule has 0 saturated carbocycles. The van der Waals surface area contributed by atoms with E-state index in [2.05, 4.69) is 25.9 Å². The molecular weight excluding hydrogens is 242 g/mol. The molecule has 0 spiro atoms. The van der Waals surface area contributed by atoms with Crippen LogP contribution < -0.4 is 5.32 Å². The maximum atomic E-state index is 11.6. The Morgan fingerprint density at radius 3 is 2.72 bits per heavy atom. The standard InChI is InChI=1S/C9H7N5O4/c15-6-4(9(17)18)2-1-3-5(6)10-8(16)7-11-13-14-12-7/h1-3,15H,(H,10,16)(H,17,18)(H,11,12,13,14). The second-order valence-corrected chi connectivity index (χ2v) is 3.20. The molecule has 0 aliphatic heterocycles. The van der Waals surface area contributed by atoms with Crippen LogP contribution in [-0.2, 0) is 0 Å². The number of carbonyl (C=O) groups excluding carboxylic acids is 1. The second kappa shape index (κ2) is 4.49. The number of rotatable bonds is 3. The Bertz CT molecular complexity index is 595. The molecule has 1 heterocycles. The van der Waals surface area contributed by atoms with Gasteiger partial charge >= 0.3 is 5.97 Å². The van der Waals surface area contributed by atoms with Crippen LogP contribution in [0, 0.1) is 0 Å². The number of aromatic hydroxyl groups is 1. The van der Waals surface area contributed by atoms with Crippen LogP contribution in [0.5, 0.6) is 5.75 Å². The van der Waals surface area contributed by atoms with Crippen LogP contribution in [-0.4, -0.2) is 42.7 Å². The maximum Gasteiger partial charge on any atom is 0.339 e. The number of carboxylic acids is 1. The first kappa shape index (κ1) is 11.5. The van der Waals surface area contributed by atoms with E-state index in [4.69, 9.17) is 5.11 Å². The van der Waals surface area contributed by atoms with Crippen LogP contribution in [0.4, 0.5) is 5.69 Å². The predicted molar refractivity (Wildman–Crippen MR) is 57.2 cm³/mol. The molecule has 4 N–H and O–H groups in total. The van der Waals surface area contributed by atoms with Gasteiger partial charge in [0.05, 0.1) is 5.69 Å². The minimum atomic E-state index is -1.30. The number of tetrazole rings is 1. The number of anilines is 1. The number of amides is 1. The van der Waals surface area contributed by atoms with Crippen molar-refractivity contribution in [3.63, 3.8) is 0 Å². The van der Waals surface area contributed by atoms with Crippen LogP contribution in [0.2, 0.25) is 0 Å². The summed E-state index contributed by atoms with van der Waals surface area (Å²) in [6, 6.07) is 3.94. The van der Waals surface area contributed by atoms with E-state index in [0.717, 1.165) is 0 Å².